The molecule has 3 heterocycles. The van der Waals surface area contributed by atoms with Gasteiger partial charge in [0.25, 0.3) is 0 Å². The lowest BCUT2D eigenvalue weighted by Crippen LogP contribution is -2.25. The van der Waals surface area contributed by atoms with E-state index in [2.05, 4.69) is 53.4 Å². The summed E-state index contributed by atoms with van der Waals surface area (Å²) >= 11 is 0. The van der Waals surface area contributed by atoms with Crippen molar-refractivity contribution in [1.82, 2.24) is 19.3 Å². The molecule has 2 aromatic carbocycles. The van der Waals surface area contributed by atoms with Crippen LogP contribution >= 0.6 is 0 Å². The van der Waals surface area contributed by atoms with Crippen LogP contribution in [0.1, 0.15) is 33.9 Å². The van der Waals surface area contributed by atoms with Crippen LogP contribution in [0.3, 0.4) is 0 Å². The SMILES string of the molecule is Cc1ccc(C2=NN(c3nn(Cc4ccc(C)nc4)c(=O)n3C)CC2c2ccccc2)cc1. The zero-order valence-electron chi connectivity index (χ0n) is 19.0. The predicted molar refractivity (Wildman–Crippen MR) is 130 cm³/mol. The summed E-state index contributed by atoms with van der Waals surface area (Å²) in [5, 5.41) is 11.4. The molecule has 4 aromatic rings. The molecule has 0 saturated heterocycles. The van der Waals surface area contributed by atoms with Crippen molar-refractivity contribution in [2.75, 3.05) is 11.6 Å². The average Bonchev–Trinajstić information content (AvgIpc) is 3.39. The highest BCUT2D eigenvalue weighted by atomic mass is 16.2. The molecular formula is C26H26N6O. The molecule has 1 aliphatic rings. The van der Waals surface area contributed by atoms with Gasteiger partial charge >= 0.3 is 5.69 Å². The molecule has 0 radical (unpaired) electrons. The third-order valence-corrected chi connectivity index (χ3v) is 6.02. The molecule has 1 unspecified atom stereocenters. The van der Waals surface area contributed by atoms with E-state index in [1.54, 1.807) is 17.8 Å². The van der Waals surface area contributed by atoms with E-state index in [4.69, 9.17) is 5.10 Å². The van der Waals surface area contributed by atoms with Gasteiger partial charge in [0.15, 0.2) is 0 Å². The van der Waals surface area contributed by atoms with Gasteiger partial charge in [0.05, 0.1) is 18.8 Å². The monoisotopic (exact) mass is 438 g/mol. The Hall–Kier alpha value is -4.00. The number of aromatic nitrogens is 4. The average molecular weight is 439 g/mol. The van der Waals surface area contributed by atoms with Gasteiger partial charge in [-0.2, -0.15) is 5.10 Å². The lowest BCUT2D eigenvalue weighted by atomic mass is 9.90. The molecule has 1 aliphatic heterocycles. The summed E-state index contributed by atoms with van der Waals surface area (Å²) in [5.41, 5.74) is 6.14. The van der Waals surface area contributed by atoms with E-state index in [-0.39, 0.29) is 11.6 Å². The quantitative estimate of drug-likeness (QED) is 0.477. The van der Waals surface area contributed by atoms with Crippen LogP contribution in [0.4, 0.5) is 5.95 Å². The number of aryl methyl sites for hydroxylation is 2. The Labute approximate surface area is 192 Å². The number of rotatable bonds is 5. The maximum Gasteiger partial charge on any atom is 0.347 e. The van der Waals surface area contributed by atoms with Crippen molar-refractivity contribution in [3.8, 4) is 0 Å². The van der Waals surface area contributed by atoms with Crippen LogP contribution in [0.25, 0.3) is 0 Å². The summed E-state index contributed by atoms with van der Waals surface area (Å²) in [4.78, 5) is 17.2. The number of benzene rings is 2. The largest absolute Gasteiger partial charge is 0.347 e. The summed E-state index contributed by atoms with van der Waals surface area (Å²) in [5.74, 6) is 0.610. The first kappa shape index (κ1) is 20.9. The minimum Gasteiger partial charge on any atom is -0.263 e. The molecule has 0 spiro atoms. The lowest BCUT2D eigenvalue weighted by molar-refractivity contribution is 0.644. The minimum absolute atomic E-state index is 0.0791. The van der Waals surface area contributed by atoms with Gasteiger partial charge in [-0.25, -0.2) is 14.5 Å². The maximum atomic E-state index is 12.9. The van der Waals surface area contributed by atoms with Crippen molar-refractivity contribution in [2.24, 2.45) is 12.1 Å². The fourth-order valence-electron chi connectivity index (χ4n) is 4.13. The van der Waals surface area contributed by atoms with Gasteiger partial charge in [-0.3, -0.25) is 9.55 Å². The molecule has 5 rings (SSSR count). The maximum absolute atomic E-state index is 12.9. The minimum atomic E-state index is -0.180. The third kappa shape index (κ3) is 4.09. The Morgan fingerprint density at radius 2 is 1.73 bits per heavy atom. The highest BCUT2D eigenvalue weighted by molar-refractivity contribution is 6.07. The Balaban J connectivity index is 1.51. The highest BCUT2D eigenvalue weighted by Gasteiger charge is 2.32. The molecule has 1 atom stereocenters. The Kier molecular flexibility index (Phi) is 5.38. The van der Waals surface area contributed by atoms with Crippen molar-refractivity contribution in [3.05, 3.63) is 111 Å². The first-order chi connectivity index (χ1) is 16.0. The number of nitrogens with zero attached hydrogens (tertiary/aromatic N) is 6. The van der Waals surface area contributed by atoms with Gasteiger partial charge < -0.3 is 0 Å². The van der Waals surface area contributed by atoms with Crippen molar-refractivity contribution in [1.29, 1.82) is 0 Å². The van der Waals surface area contributed by atoms with Crippen LogP contribution < -0.4 is 10.7 Å². The fourth-order valence-corrected chi connectivity index (χ4v) is 4.13. The summed E-state index contributed by atoms with van der Waals surface area (Å²) in [6.45, 7) is 5.00. The van der Waals surface area contributed by atoms with E-state index in [0.717, 1.165) is 22.5 Å². The predicted octanol–water partition coefficient (Wildman–Crippen LogP) is 3.65. The van der Waals surface area contributed by atoms with E-state index in [1.165, 1.54) is 15.8 Å². The second-order valence-electron chi connectivity index (χ2n) is 8.50. The number of pyridine rings is 1. The summed E-state index contributed by atoms with van der Waals surface area (Å²) < 4.78 is 3.03. The van der Waals surface area contributed by atoms with Crippen molar-refractivity contribution >= 4 is 11.7 Å². The van der Waals surface area contributed by atoms with Crippen molar-refractivity contribution in [3.63, 3.8) is 0 Å². The van der Waals surface area contributed by atoms with E-state index in [1.807, 2.05) is 42.3 Å². The summed E-state index contributed by atoms with van der Waals surface area (Å²) in [6, 6.07) is 22.7. The zero-order valence-corrected chi connectivity index (χ0v) is 19.0. The number of hydrazone groups is 1. The second-order valence-corrected chi connectivity index (χ2v) is 8.50. The van der Waals surface area contributed by atoms with Gasteiger partial charge in [0.1, 0.15) is 0 Å². The molecule has 7 heteroatoms. The van der Waals surface area contributed by atoms with E-state index < -0.39 is 0 Å². The lowest BCUT2D eigenvalue weighted by Gasteiger charge is -2.15. The zero-order chi connectivity index (χ0) is 22.9. The van der Waals surface area contributed by atoms with Gasteiger partial charge in [0, 0.05) is 24.9 Å². The Morgan fingerprint density at radius 3 is 2.42 bits per heavy atom. The van der Waals surface area contributed by atoms with E-state index in [0.29, 0.717) is 19.0 Å². The van der Waals surface area contributed by atoms with Crippen LogP contribution in [0.2, 0.25) is 0 Å². The van der Waals surface area contributed by atoms with Crippen molar-refractivity contribution in [2.45, 2.75) is 26.3 Å². The standard InChI is InChI=1S/C26H26N6O/c1-18-9-13-22(14-10-18)24-23(21-7-5-4-6-8-21)17-31(28-24)25-29-32(26(33)30(25)3)16-20-12-11-19(2)27-15-20/h4-15,23H,16-17H2,1-3H3. The normalized spacial score (nSPS) is 15.7. The number of hydrogen-bond donors (Lipinski definition) is 0. The first-order valence-corrected chi connectivity index (χ1v) is 11.0. The Morgan fingerprint density at radius 1 is 0.970 bits per heavy atom. The first-order valence-electron chi connectivity index (χ1n) is 11.0. The molecule has 0 N–H and O–H groups in total. The fraction of sp³-hybridized carbons (Fsp3) is 0.231. The van der Waals surface area contributed by atoms with Crippen LogP contribution in [0.15, 0.2) is 82.8 Å². The number of anilines is 1. The molecule has 0 fully saturated rings. The molecule has 33 heavy (non-hydrogen) atoms. The van der Waals surface area contributed by atoms with Crippen LogP contribution in [-0.2, 0) is 13.6 Å². The molecule has 0 bridgehead atoms. The third-order valence-electron chi connectivity index (χ3n) is 6.02. The molecule has 2 aromatic heterocycles. The molecule has 0 amide bonds. The van der Waals surface area contributed by atoms with Crippen molar-refractivity contribution < 1.29 is 0 Å². The molecule has 0 aliphatic carbocycles. The van der Waals surface area contributed by atoms with Crippen LogP contribution in [-0.4, -0.2) is 31.6 Å². The van der Waals surface area contributed by atoms with E-state index >= 15 is 0 Å². The van der Waals surface area contributed by atoms with Gasteiger partial charge in [0.2, 0.25) is 5.95 Å². The highest BCUT2D eigenvalue weighted by Crippen LogP contribution is 2.30. The number of hydrogen-bond acceptors (Lipinski definition) is 5. The molecular weight excluding hydrogens is 412 g/mol. The van der Waals surface area contributed by atoms with Gasteiger partial charge in [-0.1, -0.05) is 66.2 Å². The van der Waals surface area contributed by atoms with Gasteiger partial charge in [-0.15, -0.1) is 5.10 Å². The summed E-state index contributed by atoms with van der Waals surface area (Å²) in [6.07, 6.45) is 1.78. The second kappa shape index (κ2) is 8.50. The molecule has 0 saturated carbocycles. The smallest absolute Gasteiger partial charge is 0.263 e. The Bertz CT molecular complexity index is 1350. The molecule has 7 nitrogen and oxygen atoms in total. The molecule has 166 valence electrons. The topological polar surface area (TPSA) is 68.3 Å². The summed E-state index contributed by atoms with van der Waals surface area (Å²) in [7, 11) is 1.74. The van der Waals surface area contributed by atoms with E-state index in [9.17, 15) is 4.79 Å². The van der Waals surface area contributed by atoms with Crippen LogP contribution in [0, 0.1) is 13.8 Å². The van der Waals surface area contributed by atoms with Crippen LogP contribution in [0.5, 0.6) is 0 Å². The van der Waals surface area contributed by atoms with Gasteiger partial charge in [-0.05, 0) is 36.6 Å².